The van der Waals surface area contributed by atoms with E-state index in [4.69, 9.17) is 5.11 Å². The Balaban J connectivity index is 2.31. The molecule has 0 fully saturated rings. The van der Waals surface area contributed by atoms with Crippen LogP contribution in [-0.4, -0.2) is 21.2 Å². The number of halogens is 3. The van der Waals surface area contributed by atoms with Gasteiger partial charge in [-0.2, -0.15) is 18.2 Å². The van der Waals surface area contributed by atoms with Gasteiger partial charge >= 0.3 is 18.0 Å². The number of hydrogen-bond acceptors (Lipinski definition) is 4. The molecule has 5 nitrogen and oxygen atoms in total. The molecule has 1 aromatic heterocycles. The number of aromatic nitrogens is 2. The molecule has 0 unspecified atom stereocenters. The molecule has 0 bridgehead atoms. The summed E-state index contributed by atoms with van der Waals surface area (Å²) in [4.78, 5) is 14.0. The number of benzene rings is 1. The average Bonchev–Trinajstić information content (AvgIpc) is 2.77. The van der Waals surface area contributed by atoms with Crippen molar-refractivity contribution in [1.82, 2.24) is 10.1 Å². The Hall–Kier alpha value is -2.38. The van der Waals surface area contributed by atoms with Gasteiger partial charge in [0.25, 0.3) is 0 Å². The Morgan fingerprint density at radius 2 is 1.83 bits per heavy atom. The first-order chi connectivity index (χ1) is 8.38. The molecule has 2 aromatic rings. The highest BCUT2D eigenvalue weighted by molar-refractivity contribution is 5.82. The standard InChI is InChI=1S/C10H5F3N2O3/c11-10(12,13)6-3-1-5(2-4-6)7-14-8(9(16)17)18-15-7/h1-4H,(H,16,17). The predicted octanol–water partition coefficient (Wildman–Crippen LogP) is 2.45. The molecule has 1 heterocycles. The van der Waals surface area contributed by atoms with Crippen molar-refractivity contribution in [3.63, 3.8) is 0 Å². The van der Waals surface area contributed by atoms with E-state index in [0.29, 0.717) is 0 Å². The Morgan fingerprint density at radius 3 is 2.28 bits per heavy atom. The third-order valence-electron chi connectivity index (χ3n) is 2.08. The van der Waals surface area contributed by atoms with Crippen LogP contribution in [0.15, 0.2) is 28.8 Å². The number of carboxylic acids is 1. The fraction of sp³-hybridized carbons (Fsp3) is 0.100. The van der Waals surface area contributed by atoms with Crippen LogP contribution in [0.1, 0.15) is 16.2 Å². The van der Waals surface area contributed by atoms with E-state index in [1.807, 2.05) is 0 Å². The van der Waals surface area contributed by atoms with Crippen molar-refractivity contribution in [2.24, 2.45) is 0 Å². The Kier molecular flexibility index (Phi) is 2.77. The zero-order valence-corrected chi connectivity index (χ0v) is 8.60. The van der Waals surface area contributed by atoms with Gasteiger partial charge in [-0.25, -0.2) is 4.79 Å². The van der Waals surface area contributed by atoms with Gasteiger partial charge in [0, 0.05) is 5.56 Å². The van der Waals surface area contributed by atoms with E-state index in [1.165, 1.54) is 0 Å². The van der Waals surface area contributed by atoms with Crippen LogP contribution in [0.4, 0.5) is 13.2 Å². The molecule has 0 aliphatic rings. The third-order valence-corrected chi connectivity index (χ3v) is 2.08. The second-order valence-corrected chi connectivity index (χ2v) is 3.30. The van der Waals surface area contributed by atoms with E-state index in [0.717, 1.165) is 24.3 Å². The van der Waals surface area contributed by atoms with Crippen LogP contribution in [0, 0.1) is 0 Å². The molecule has 8 heteroatoms. The first-order valence-electron chi connectivity index (χ1n) is 4.62. The highest BCUT2D eigenvalue weighted by Gasteiger charge is 2.30. The number of nitrogens with zero attached hydrogens (tertiary/aromatic N) is 2. The van der Waals surface area contributed by atoms with Crippen molar-refractivity contribution < 1.29 is 27.6 Å². The van der Waals surface area contributed by atoms with Gasteiger partial charge in [0.15, 0.2) is 0 Å². The van der Waals surface area contributed by atoms with Gasteiger partial charge in [-0.15, -0.1) is 0 Å². The van der Waals surface area contributed by atoms with Crippen LogP contribution >= 0.6 is 0 Å². The number of alkyl halides is 3. The average molecular weight is 258 g/mol. The van der Waals surface area contributed by atoms with Crippen LogP contribution in [-0.2, 0) is 6.18 Å². The van der Waals surface area contributed by atoms with Crippen LogP contribution in [0.25, 0.3) is 11.4 Å². The molecule has 0 aliphatic carbocycles. The van der Waals surface area contributed by atoms with Gasteiger partial charge < -0.3 is 9.63 Å². The number of rotatable bonds is 2. The maximum Gasteiger partial charge on any atom is 0.416 e. The lowest BCUT2D eigenvalue weighted by Gasteiger charge is -2.05. The van der Waals surface area contributed by atoms with Gasteiger partial charge in [-0.3, -0.25) is 0 Å². The quantitative estimate of drug-likeness (QED) is 0.895. The van der Waals surface area contributed by atoms with Crippen LogP contribution in [0.5, 0.6) is 0 Å². The molecule has 0 spiro atoms. The van der Waals surface area contributed by atoms with Gasteiger partial charge in [0.1, 0.15) is 0 Å². The van der Waals surface area contributed by atoms with E-state index in [2.05, 4.69) is 14.7 Å². The normalized spacial score (nSPS) is 11.5. The molecule has 0 saturated carbocycles. The number of aromatic carboxylic acids is 1. The summed E-state index contributed by atoms with van der Waals surface area (Å²) in [5, 5.41) is 11.9. The van der Waals surface area contributed by atoms with Crippen molar-refractivity contribution in [3.8, 4) is 11.4 Å². The lowest BCUT2D eigenvalue weighted by molar-refractivity contribution is -0.137. The van der Waals surface area contributed by atoms with Crippen molar-refractivity contribution in [3.05, 3.63) is 35.7 Å². The first-order valence-corrected chi connectivity index (χ1v) is 4.62. The maximum atomic E-state index is 12.3. The SMILES string of the molecule is O=C(O)c1nc(-c2ccc(C(F)(F)F)cc2)no1. The largest absolute Gasteiger partial charge is 0.474 e. The smallest absolute Gasteiger partial charge is 0.416 e. The lowest BCUT2D eigenvalue weighted by atomic mass is 10.1. The van der Waals surface area contributed by atoms with E-state index in [-0.39, 0.29) is 11.4 Å². The van der Waals surface area contributed by atoms with Crippen molar-refractivity contribution in [1.29, 1.82) is 0 Å². The molecule has 18 heavy (non-hydrogen) atoms. The van der Waals surface area contributed by atoms with E-state index in [1.54, 1.807) is 0 Å². The lowest BCUT2D eigenvalue weighted by Crippen LogP contribution is -2.04. The molecule has 94 valence electrons. The minimum atomic E-state index is -4.43. The van der Waals surface area contributed by atoms with Crippen LogP contribution < -0.4 is 0 Å². The fourth-order valence-corrected chi connectivity index (χ4v) is 1.24. The summed E-state index contributed by atoms with van der Waals surface area (Å²) in [5.74, 6) is -2.10. The third kappa shape index (κ3) is 2.31. The van der Waals surface area contributed by atoms with Gasteiger partial charge in [0.05, 0.1) is 5.56 Å². The van der Waals surface area contributed by atoms with E-state index >= 15 is 0 Å². The van der Waals surface area contributed by atoms with E-state index < -0.39 is 23.6 Å². The minimum absolute atomic E-state index is 0.0823. The monoisotopic (exact) mass is 258 g/mol. The van der Waals surface area contributed by atoms with Crippen LogP contribution in [0.3, 0.4) is 0 Å². The van der Waals surface area contributed by atoms with Gasteiger partial charge in [-0.1, -0.05) is 17.3 Å². The van der Waals surface area contributed by atoms with Gasteiger partial charge in [-0.05, 0) is 12.1 Å². The first kappa shape index (κ1) is 12.1. The predicted molar refractivity (Wildman–Crippen MR) is 51.7 cm³/mol. The van der Waals surface area contributed by atoms with Crippen LogP contribution in [0.2, 0.25) is 0 Å². The molecule has 1 N–H and O–H groups in total. The summed E-state index contributed by atoms with van der Waals surface area (Å²) in [6.07, 6.45) is -4.43. The summed E-state index contributed by atoms with van der Waals surface area (Å²) in [6, 6.07) is 3.98. The Bertz CT molecular complexity index is 575. The Morgan fingerprint density at radius 1 is 1.22 bits per heavy atom. The topological polar surface area (TPSA) is 76.2 Å². The number of carbonyl (C=O) groups is 1. The summed E-state index contributed by atoms with van der Waals surface area (Å²) >= 11 is 0. The summed E-state index contributed by atoms with van der Waals surface area (Å²) < 4.78 is 41.3. The molecule has 1 aromatic carbocycles. The van der Waals surface area contributed by atoms with Crippen molar-refractivity contribution in [2.45, 2.75) is 6.18 Å². The van der Waals surface area contributed by atoms with Crippen molar-refractivity contribution in [2.75, 3.05) is 0 Å². The molecule has 0 amide bonds. The van der Waals surface area contributed by atoms with E-state index in [9.17, 15) is 18.0 Å². The second kappa shape index (κ2) is 4.13. The highest BCUT2D eigenvalue weighted by atomic mass is 19.4. The highest BCUT2D eigenvalue weighted by Crippen LogP contribution is 2.30. The molecule has 0 aliphatic heterocycles. The zero-order valence-electron chi connectivity index (χ0n) is 8.60. The molecule has 0 radical (unpaired) electrons. The van der Waals surface area contributed by atoms with Crippen molar-refractivity contribution >= 4 is 5.97 Å². The maximum absolute atomic E-state index is 12.3. The molecule has 2 rings (SSSR count). The fourth-order valence-electron chi connectivity index (χ4n) is 1.24. The molecule has 0 atom stereocenters. The second-order valence-electron chi connectivity index (χ2n) is 3.30. The number of carboxylic acid groups (broad SMARTS) is 1. The number of hydrogen-bond donors (Lipinski definition) is 1. The summed E-state index contributed by atoms with van der Waals surface area (Å²) in [7, 11) is 0. The van der Waals surface area contributed by atoms with Gasteiger partial charge in [0.2, 0.25) is 5.82 Å². The summed E-state index contributed by atoms with van der Waals surface area (Å²) in [5.41, 5.74) is -0.576. The molecular weight excluding hydrogens is 253 g/mol. The molecule has 0 saturated heterocycles. The molecular formula is C10H5F3N2O3. The summed E-state index contributed by atoms with van der Waals surface area (Å²) in [6.45, 7) is 0. The zero-order chi connectivity index (χ0) is 13.3. The Labute approximate surface area is 97.9 Å². The minimum Gasteiger partial charge on any atom is -0.474 e.